The number of benzene rings is 2. The van der Waals surface area contributed by atoms with Crippen LogP contribution in [0.4, 0.5) is 5.69 Å². The highest BCUT2D eigenvalue weighted by atomic mass is 32.1. The summed E-state index contributed by atoms with van der Waals surface area (Å²) < 4.78 is 5.11. The third-order valence-electron chi connectivity index (χ3n) is 2.98. The van der Waals surface area contributed by atoms with Crippen LogP contribution in [0.5, 0.6) is 5.75 Å². The quantitative estimate of drug-likeness (QED) is 0.747. The molecule has 6 nitrogen and oxygen atoms in total. The van der Waals surface area contributed by atoms with Crippen LogP contribution in [0, 0.1) is 0 Å². The summed E-state index contributed by atoms with van der Waals surface area (Å²) in [5.74, 6) is -1.13. The van der Waals surface area contributed by atoms with Crippen molar-refractivity contribution in [2.45, 2.75) is 0 Å². The first-order chi connectivity index (χ1) is 11.0. The van der Waals surface area contributed by atoms with Gasteiger partial charge in [-0.15, -0.1) is 0 Å². The Balaban J connectivity index is 2.11. The summed E-state index contributed by atoms with van der Waals surface area (Å²) in [6.07, 6.45) is 0. The lowest BCUT2D eigenvalue weighted by molar-refractivity contribution is 0.0698. The molecule has 2 aromatic carbocycles. The molecule has 7 heteroatoms. The van der Waals surface area contributed by atoms with Gasteiger partial charge in [0.15, 0.2) is 5.11 Å². The molecule has 0 saturated heterocycles. The molecule has 0 saturated carbocycles. The van der Waals surface area contributed by atoms with Gasteiger partial charge in [0.2, 0.25) is 0 Å². The molecule has 0 heterocycles. The molecule has 0 unspecified atom stereocenters. The van der Waals surface area contributed by atoms with Crippen molar-refractivity contribution in [3.8, 4) is 5.75 Å². The molecule has 1 amide bonds. The Morgan fingerprint density at radius 3 is 2.30 bits per heavy atom. The normalized spacial score (nSPS) is 9.78. The van der Waals surface area contributed by atoms with Gasteiger partial charge < -0.3 is 15.2 Å². The lowest BCUT2D eigenvalue weighted by Gasteiger charge is -2.12. The standard InChI is InChI=1S/C16H14N2O4S/c1-22-13-9-5-3-7-11(13)14(19)18-16(23)17-12-8-4-2-6-10(12)15(20)21/h2-9H,1H3,(H,20,21)(H2,17,18,19,23). The van der Waals surface area contributed by atoms with E-state index in [0.29, 0.717) is 17.0 Å². The highest BCUT2D eigenvalue weighted by molar-refractivity contribution is 7.80. The van der Waals surface area contributed by atoms with E-state index in [9.17, 15) is 9.59 Å². The van der Waals surface area contributed by atoms with Gasteiger partial charge in [-0.3, -0.25) is 10.1 Å². The number of aromatic carboxylic acids is 1. The van der Waals surface area contributed by atoms with Gasteiger partial charge in [0, 0.05) is 0 Å². The third kappa shape index (κ3) is 4.04. The van der Waals surface area contributed by atoms with Crippen LogP contribution in [-0.4, -0.2) is 29.2 Å². The lowest BCUT2D eigenvalue weighted by Crippen LogP contribution is -2.34. The maximum Gasteiger partial charge on any atom is 0.337 e. The molecular formula is C16H14N2O4S. The van der Waals surface area contributed by atoms with Crippen LogP contribution in [0.3, 0.4) is 0 Å². The van der Waals surface area contributed by atoms with Crippen LogP contribution < -0.4 is 15.4 Å². The van der Waals surface area contributed by atoms with Crippen molar-refractivity contribution < 1.29 is 19.4 Å². The molecule has 0 aromatic heterocycles. The number of nitrogens with one attached hydrogen (secondary N) is 2. The van der Waals surface area contributed by atoms with E-state index in [-0.39, 0.29) is 10.7 Å². The van der Waals surface area contributed by atoms with Crippen molar-refractivity contribution in [3.63, 3.8) is 0 Å². The number of methoxy groups -OCH3 is 1. The Labute approximate surface area is 138 Å². The van der Waals surface area contributed by atoms with E-state index in [4.69, 9.17) is 22.1 Å². The summed E-state index contributed by atoms with van der Waals surface area (Å²) in [7, 11) is 1.46. The number of thiocarbonyl (C=S) groups is 1. The van der Waals surface area contributed by atoms with Gasteiger partial charge in [-0.25, -0.2) is 4.79 Å². The van der Waals surface area contributed by atoms with E-state index >= 15 is 0 Å². The SMILES string of the molecule is COc1ccccc1C(=O)NC(=S)Nc1ccccc1C(=O)O. The van der Waals surface area contributed by atoms with Crippen molar-refractivity contribution in [2.75, 3.05) is 12.4 Å². The van der Waals surface area contributed by atoms with Crippen molar-refractivity contribution in [1.82, 2.24) is 5.32 Å². The van der Waals surface area contributed by atoms with Gasteiger partial charge in [-0.1, -0.05) is 24.3 Å². The van der Waals surface area contributed by atoms with E-state index in [1.54, 1.807) is 42.5 Å². The maximum atomic E-state index is 12.2. The van der Waals surface area contributed by atoms with Gasteiger partial charge in [-0.05, 0) is 36.5 Å². The summed E-state index contributed by atoms with van der Waals surface area (Å²) >= 11 is 5.06. The van der Waals surface area contributed by atoms with Crippen LogP contribution in [0.15, 0.2) is 48.5 Å². The third-order valence-corrected chi connectivity index (χ3v) is 3.19. The molecule has 118 valence electrons. The Morgan fingerprint density at radius 2 is 1.65 bits per heavy atom. The predicted molar refractivity (Wildman–Crippen MR) is 90.1 cm³/mol. The fourth-order valence-corrected chi connectivity index (χ4v) is 2.14. The minimum absolute atomic E-state index is 0.00499. The number of anilines is 1. The Bertz CT molecular complexity index is 761. The molecule has 2 rings (SSSR count). The Morgan fingerprint density at radius 1 is 1.04 bits per heavy atom. The number of hydrogen-bond donors (Lipinski definition) is 3. The topological polar surface area (TPSA) is 87.7 Å². The van der Waals surface area contributed by atoms with E-state index in [0.717, 1.165) is 0 Å². The summed E-state index contributed by atoms with van der Waals surface area (Å²) in [6, 6.07) is 13.0. The van der Waals surface area contributed by atoms with Gasteiger partial charge in [0.25, 0.3) is 5.91 Å². The lowest BCUT2D eigenvalue weighted by atomic mass is 10.2. The molecule has 0 aliphatic rings. The first-order valence-electron chi connectivity index (χ1n) is 6.60. The number of amides is 1. The number of carboxylic acids is 1. The van der Waals surface area contributed by atoms with Gasteiger partial charge in [0.05, 0.1) is 23.9 Å². The minimum atomic E-state index is -1.09. The van der Waals surface area contributed by atoms with E-state index in [1.165, 1.54) is 13.2 Å². The average Bonchev–Trinajstić information content (AvgIpc) is 2.54. The highest BCUT2D eigenvalue weighted by Crippen LogP contribution is 2.17. The molecule has 0 aliphatic heterocycles. The number of carboxylic acid groups (broad SMARTS) is 1. The molecule has 23 heavy (non-hydrogen) atoms. The fourth-order valence-electron chi connectivity index (χ4n) is 1.93. The van der Waals surface area contributed by atoms with Gasteiger partial charge in [-0.2, -0.15) is 0 Å². The van der Waals surface area contributed by atoms with Crippen molar-refractivity contribution >= 4 is 34.9 Å². The van der Waals surface area contributed by atoms with Crippen molar-refractivity contribution in [3.05, 3.63) is 59.7 Å². The van der Waals surface area contributed by atoms with E-state index in [2.05, 4.69) is 10.6 Å². The zero-order valence-electron chi connectivity index (χ0n) is 12.2. The second kappa shape index (κ2) is 7.37. The summed E-state index contributed by atoms with van der Waals surface area (Å²) in [5.41, 5.74) is 0.678. The molecule has 0 bridgehead atoms. The maximum absolute atomic E-state index is 12.2. The molecule has 2 aromatic rings. The predicted octanol–water partition coefficient (Wildman–Crippen LogP) is 2.52. The van der Waals surface area contributed by atoms with E-state index < -0.39 is 11.9 Å². The van der Waals surface area contributed by atoms with Crippen LogP contribution in [0.25, 0.3) is 0 Å². The number of rotatable bonds is 4. The molecule has 0 fully saturated rings. The number of para-hydroxylation sites is 2. The smallest absolute Gasteiger partial charge is 0.337 e. The summed E-state index contributed by atoms with van der Waals surface area (Å²) in [6.45, 7) is 0. The Kier molecular flexibility index (Phi) is 5.27. The fraction of sp³-hybridized carbons (Fsp3) is 0.0625. The number of carbonyl (C=O) groups excluding carboxylic acids is 1. The second-order valence-corrected chi connectivity index (χ2v) is 4.87. The zero-order valence-corrected chi connectivity index (χ0v) is 13.0. The van der Waals surface area contributed by atoms with Gasteiger partial charge >= 0.3 is 5.97 Å². The van der Waals surface area contributed by atoms with Crippen molar-refractivity contribution in [1.29, 1.82) is 0 Å². The minimum Gasteiger partial charge on any atom is -0.496 e. The second-order valence-electron chi connectivity index (χ2n) is 4.46. The van der Waals surface area contributed by atoms with Crippen LogP contribution in [-0.2, 0) is 0 Å². The van der Waals surface area contributed by atoms with Gasteiger partial charge in [0.1, 0.15) is 5.75 Å². The Hall–Kier alpha value is -2.93. The molecule has 0 radical (unpaired) electrons. The first-order valence-corrected chi connectivity index (χ1v) is 7.01. The van der Waals surface area contributed by atoms with Crippen LogP contribution in [0.1, 0.15) is 20.7 Å². The van der Waals surface area contributed by atoms with Crippen LogP contribution in [0.2, 0.25) is 0 Å². The largest absolute Gasteiger partial charge is 0.496 e. The number of hydrogen-bond acceptors (Lipinski definition) is 4. The molecular weight excluding hydrogens is 316 g/mol. The summed E-state index contributed by atoms with van der Waals surface area (Å²) in [4.78, 5) is 23.4. The molecule has 0 spiro atoms. The monoisotopic (exact) mass is 330 g/mol. The molecule has 3 N–H and O–H groups in total. The van der Waals surface area contributed by atoms with Crippen molar-refractivity contribution in [2.24, 2.45) is 0 Å². The number of ether oxygens (including phenoxy) is 1. The zero-order chi connectivity index (χ0) is 16.8. The molecule has 0 aliphatic carbocycles. The summed E-state index contributed by atoms with van der Waals surface area (Å²) in [5, 5.41) is 14.3. The van der Waals surface area contributed by atoms with E-state index in [1.807, 2.05) is 0 Å². The average molecular weight is 330 g/mol. The first kappa shape index (κ1) is 16.4. The highest BCUT2D eigenvalue weighted by Gasteiger charge is 2.14. The van der Waals surface area contributed by atoms with Crippen LogP contribution >= 0.6 is 12.2 Å². The molecule has 0 atom stereocenters. The number of carbonyl (C=O) groups is 2.